The molecule has 1 heterocycles. The summed E-state index contributed by atoms with van der Waals surface area (Å²) in [6, 6.07) is 0.187. The average molecular weight is 262 g/mol. The van der Waals surface area contributed by atoms with Crippen LogP contribution >= 0.6 is 22.9 Å². The SMILES string of the molecule is CCOC1CC(NC(=O)c2nnc(Cl)s2)C1. The van der Waals surface area contributed by atoms with Gasteiger partial charge in [-0.2, -0.15) is 0 Å². The summed E-state index contributed by atoms with van der Waals surface area (Å²) in [5.74, 6) is -0.204. The van der Waals surface area contributed by atoms with Crippen molar-refractivity contribution in [2.24, 2.45) is 0 Å². The smallest absolute Gasteiger partial charge is 0.282 e. The number of aromatic nitrogens is 2. The lowest BCUT2D eigenvalue weighted by Gasteiger charge is -2.35. The van der Waals surface area contributed by atoms with Crippen LogP contribution in [-0.2, 0) is 4.74 Å². The molecule has 0 radical (unpaired) electrons. The van der Waals surface area contributed by atoms with Gasteiger partial charge in [0.15, 0.2) is 0 Å². The fourth-order valence-electron chi connectivity index (χ4n) is 1.60. The second-order valence-corrected chi connectivity index (χ2v) is 5.14. The predicted octanol–water partition coefficient (Wildman–Crippen LogP) is 1.49. The Balaban J connectivity index is 1.77. The molecule has 1 aliphatic rings. The van der Waals surface area contributed by atoms with Gasteiger partial charge in [0.1, 0.15) is 0 Å². The summed E-state index contributed by atoms with van der Waals surface area (Å²) in [6.45, 7) is 2.69. The van der Waals surface area contributed by atoms with E-state index in [1.54, 1.807) is 0 Å². The quantitative estimate of drug-likeness (QED) is 0.892. The van der Waals surface area contributed by atoms with Crippen molar-refractivity contribution >= 4 is 28.8 Å². The van der Waals surface area contributed by atoms with Crippen LogP contribution in [0.1, 0.15) is 29.6 Å². The van der Waals surface area contributed by atoms with Gasteiger partial charge in [-0.25, -0.2) is 0 Å². The van der Waals surface area contributed by atoms with Crippen molar-refractivity contribution < 1.29 is 9.53 Å². The highest BCUT2D eigenvalue weighted by atomic mass is 35.5. The fraction of sp³-hybridized carbons (Fsp3) is 0.667. The van der Waals surface area contributed by atoms with Crippen molar-refractivity contribution in [1.29, 1.82) is 0 Å². The number of halogens is 1. The Bertz CT molecular complexity index is 379. The van der Waals surface area contributed by atoms with Gasteiger partial charge in [0.05, 0.1) is 6.10 Å². The summed E-state index contributed by atoms with van der Waals surface area (Å²) in [5.41, 5.74) is 0. The van der Waals surface area contributed by atoms with Crippen molar-refractivity contribution in [2.75, 3.05) is 6.61 Å². The van der Waals surface area contributed by atoms with Crippen LogP contribution in [-0.4, -0.2) is 34.9 Å². The maximum Gasteiger partial charge on any atom is 0.282 e. The third kappa shape index (κ3) is 2.69. The summed E-state index contributed by atoms with van der Waals surface area (Å²) in [5, 5.41) is 10.4. The molecule has 0 bridgehead atoms. The zero-order valence-electron chi connectivity index (χ0n) is 8.77. The van der Waals surface area contributed by atoms with Gasteiger partial charge in [0.2, 0.25) is 9.47 Å². The highest BCUT2D eigenvalue weighted by Gasteiger charge is 2.31. The summed E-state index contributed by atoms with van der Waals surface area (Å²) in [4.78, 5) is 11.6. The molecule has 1 saturated carbocycles. The van der Waals surface area contributed by atoms with Crippen LogP contribution in [0.4, 0.5) is 0 Å². The van der Waals surface area contributed by atoms with Gasteiger partial charge >= 0.3 is 0 Å². The minimum Gasteiger partial charge on any atom is -0.378 e. The number of nitrogens with zero attached hydrogens (tertiary/aromatic N) is 2. The number of ether oxygens (including phenoxy) is 1. The zero-order valence-corrected chi connectivity index (χ0v) is 10.3. The molecule has 1 aromatic heterocycles. The molecule has 88 valence electrons. The summed E-state index contributed by atoms with van der Waals surface area (Å²) >= 11 is 6.68. The van der Waals surface area contributed by atoms with Gasteiger partial charge in [0, 0.05) is 12.6 Å². The van der Waals surface area contributed by atoms with Gasteiger partial charge < -0.3 is 10.1 Å². The van der Waals surface area contributed by atoms with Crippen molar-refractivity contribution in [3.8, 4) is 0 Å². The Kier molecular flexibility index (Phi) is 3.73. The average Bonchev–Trinajstić information content (AvgIpc) is 2.61. The molecule has 2 rings (SSSR count). The minimum atomic E-state index is -0.204. The van der Waals surface area contributed by atoms with Crippen molar-refractivity contribution in [3.63, 3.8) is 0 Å². The molecule has 0 aromatic carbocycles. The third-order valence-electron chi connectivity index (χ3n) is 2.43. The van der Waals surface area contributed by atoms with Crippen LogP contribution in [0, 0.1) is 0 Å². The van der Waals surface area contributed by atoms with E-state index in [1.807, 2.05) is 6.92 Å². The predicted molar refractivity (Wildman–Crippen MR) is 60.8 cm³/mol. The first-order valence-electron chi connectivity index (χ1n) is 5.10. The molecule has 1 aliphatic carbocycles. The standard InChI is InChI=1S/C9H12ClN3O2S/c1-2-15-6-3-5(4-6)11-7(14)8-12-13-9(10)16-8/h5-6H,2-4H2,1H3,(H,11,14). The van der Waals surface area contributed by atoms with E-state index >= 15 is 0 Å². The number of hydrogen-bond acceptors (Lipinski definition) is 5. The number of rotatable bonds is 4. The van der Waals surface area contributed by atoms with Gasteiger partial charge in [-0.1, -0.05) is 11.3 Å². The van der Waals surface area contributed by atoms with Crippen LogP contribution in [0.2, 0.25) is 4.47 Å². The Hall–Kier alpha value is -0.720. The number of amides is 1. The lowest BCUT2D eigenvalue weighted by molar-refractivity contribution is -0.00863. The first-order valence-corrected chi connectivity index (χ1v) is 6.30. The fourth-order valence-corrected chi connectivity index (χ4v) is 2.33. The number of nitrogens with one attached hydrogen (secondary N) is 1. The molecule has 0 atom stereocenters. The normalized spacial score (nSPS) is 23.9. The van der Waals surface area contributed by atoms with E-state index in [-0.39, 0.29) is 22.5 Å². The van der Waals surface area contributed by atoms with Crippen molar-refractivity contribution in [2.45, 2.75) is 31.9 Å². The second-order valence-electron chi connectivity index (χ2n) is 3.58. The van der Waals surface area contributed by atoms with E-state index in [0.717, 1.165) is 30.8 Å². The molecule has 0 spiro atoms. The molecular formula is C9H12ClN3O2S. The van der Waals surface area contributed by atoms with Gasteiger partial charge in [-0.3, -0.25) is 4.79 Å². The summed E-state index contributed by atoms with van der Waals surface area (Å²) < 4.78 is 5.68. The third-order valence-corrected chi connectivity index (χ3v) is 3.44. The molecule has 1 N–H and O–H groups in total. The second kappa shape index (κ2) is 5.07. The first kappa shape index (κ1) is 11.8. The van der Waals surface area contributed by atoms with Gasteiger partial charge in [-0.15, -0.1) is 10.2 Å². The Morgan fingerprint density at radius 1 is 1.62 bits per heavy atom. The van der Waals surface area contributed by atoms with Crippen LogP contribution in [0.3, 0.4) is 0 Å². The lowest BCUT2D eigenvalue weighted by Crippen LogP contribution is -2.47. The van der Waals surface area contributed by atoms with Crippen LogP contribution < -0.4 is 5.32 Å². The van der Waals surface area contributed by atoms with Crippen LogP contribution in [0.5, 0.6) is 0 Å². The van der Waals surface area contributed by atoms with E-state index in [9.17, 15) is 4.79 Å². The Labute approximate surface area is 102 Å². The highest BCUT2D eigenvalue weighted by molar-refractivity contribution is 7.17. The molecule has 7 heteroatoms. The van der Waals surface area contributed by atoms with E-state index in [2.05, 4.69) is 15.5 Å². The maximum absolute atomic E-state index is 11.6. The van der Waals surface area contributed by atoms with Crippen LogP contribution in [0.25, 0.3) is 0 Å². The number of carbonyl (C=O) groups is 1. The monoisotopic (exact) mass is 261 g/mol. The molecule has 0 saturated heterocycles. The first-order chi connectivity index (χ1) is 7.69. The molecule has 1 fully saturated rings. The van der Waals surface area contributed by atoms with Crippen LogP contribution in [0.15, 0.2) is 0 Å². The van der Waals surface area contributed by atoms with Gasteiger partial charge in [-0.05, 0) is 31.4 Å². The molecule has 0 unspecified atom stereocenters. The molecule has 0 aliphatic heterocycles. The van der Waals surface area contributed by atoms with E-state index in [4.69, 9.17) is 16.3 Å². The highest BCUT2D eigenvalue weighted by Crippen LogP contribution is 2.24. The molecule has 1 amide bonds. The zero-order chi connectivity index (χ0) is 11.5. The minimum absolute atomic E-state index is 0.187. The van der Waals surface area contributed by atoms with Crippen molar-refractivity contribution in [3.05, 3.63) is 9.47 Å². The summed E-state index contributed by atoms with van der Waals surface area (Å²) in [6.07, 6.45) is 2.02. The Morgan fingerprint density at radius 2 is 2.38 bits per heavy atom. The lowest BCUT2D eigenvalue weighted by atomic mass is 9.89. The van der Waals surface area contributed by atoms with E-state index in [0.29, 0.717) is 5.01 Å². The van der Waals surface area contributed by atoms with E-state index in [1.165, 1.54) is 0 Å². The number of carbonyl (C=O) groups excluding carboxylic acids is 1. The summed E-state index contributed by atoms with van der Waals surface area (Å²) in [7, 11) is 0. The maximum atomic E-state index is 11.6. The molecule has 5 nitrogen and oxygen atoms in total. The number of hydrogen-bond donors (Lipinski definition) is 1. The largest absolute Gasteiger partial charge is 0.378 e. The Morgan fingerprint density at radius 3 is 2.94 bits per heavy atom. The van der Waals surface area contributed by atoms with E-state index < -0.39 is 0 Å². The molecule has 1 aromatic rings. The van der Waals surface area contributed by atoms with Crippen molar-refractivity contribution in [1.82, 2.24) is 15.5 Å². The molecule has 16 heavy (non-hydrogen) atoms. The topological polar surface area (TPSA) is 64.1 Å². The molecular weight excluding hydrogens is 250 g/mol. The van der Waals surface area contributed by atoms with Gasteiger partial charge in [0.25, 0.3) is 5.91 Å².